The van der Waals surface area contributed by atoms with Crippen molar-refractivity contribution in [3.05, 3.63) is 0 Å². The lowest BCUT2D eigenvalue weighted by molar-refractivity contribution is -0.125. The molecule has 1 amide bonds. The van der Waals surface area contributed by atoms with Gasteiger partial charge in [-0.25, -0.2) is 13.1 Å². The molecule has 1 aliphatic heterocycles. The fourth-order valence-electron chi connectivity index (χ4n) is 3.36. The van der Waals surface area contributed by atoms with Crippen molar-refractivity contribution in [1.82, 2.24) is 10.0 Å². The van der Waals surface area contributed by atoms with Crippen LogP contribution in [0.25, 0.3) is 0 Å². The molecule has 1 saturated heterocycles. The maximum atomic E-state index is 12.1. The molecule has 2 aliphatic rings. The lowest BCUT2D eigenvalue weighted by Gasteiger charge is -2.22. The second-order valence-corrected chi connectivity index (χ2v) is 8.41. The first-order valence-corrected chi connectivity index (χ1v) is 10.2. The Morgan fingerprint density at radius 2 is 1.96 bits per heavy atom. The zero-order valence-electron chi connectivity index (χ0n) is 14.0. The zero-order chi connectivity index (χ0) is 16.7. The SMILES string of the molecule is Cl.NC[C@H]1CCC[C@H]1C(=O)NCCS(=O)(=O)NCC1CCCCO1. The Morgan fingerprint density at radius 3 is 2.62 bits per heavy atom. The van der Waals surface area contributed by atoms with Gasteiger partial charge < -0.3 is 15.8 Å². The summed E-state index contributed by atoms with van der Waals surface area (Å²) >= 11 is 0. The number of hydrogen-bond donors (Lipinski definition) is 3. The van der Waals surface area contributed by atoms with Gasteiger partial charge in [0, 0.05) is 25.6 Å². The molecule has 2 rings (SSSR count). The number of sulfonamides is 1. The molecule has 1 unspecified atom stereocenters. The molecule has 9 heteroatoms. The molecule has 0 spiro atoms. The minimum absolute atomic E-state index is 0. The van der Waals surface area contributed by atoms with E-state index >= 15 is 0 Å². The molecular weight excluding hydrogens is 354 g/mol. The highest BCUT2D eigenvalue weighted by Gasteiger charge is 2.31. The van der Waals surface area contributed by atoms with Crippen LogP contribution in [0.3, 0.4) is 0 Å². The van der Waals surface area contributed by atoms with Crippen LogP contribution in [-0.4, -0.2) is 52.4 Å². The zero-order valence-corrected chi connectivity index (χ0v) is 15.7. The van der Waals surface area contributed by atoms with Gasteiger partial charge in [0.05, 0.1) is 11.9 Å². The minimum Gasteiger partial charge on any atom is -0.377 e. The smallest absolute Gasteiger partial charge is 0.223 e. The molecule has 1 heterocycles. The number of rotatable bonds is 8. The van der Waals surface area contributed by atoms with Gasteiger partial charge in [-0.2, -0.15) is 0 Å². The summed E-state index contributed by atoms with van der Waals surface area (Å²) in [6, 6.07) is 0. The van der Waals surface area contributed by atoms with Gasteiger partial charge in [-0.3, -0.25) is 4.79 Å². The van der Waals surface area contributed by atoms with Crippen LogP contribution >= 0.6 is 12.4 Å². The standard InChI is InChI=1S/C15H29N3O4S.ClH/c16-10-12-4-3-6-14(12)15(19)17-7-9-23(20,21)18-11-13-5-1-2-8-22-13;/h12-14,18H,1-11,16H2,(H,17,19);1H/t12-,13?,14-;/m1./s1. The molecule has 0 aromatic rings. The number of hydrogen-bond acceptors (Lipinski definition) is 5. The summed E-state index contributed by atoms with van der Waals surface area (Å²) in [7, 11) is -3.39. The van der Waals surface area contributed by atoms with Crippen LogP contribution in [0.2, 0.25) is 0 Å². The number of nitrogens with one attached hydrogen (secondary N) is 2. The van der Waals surface area contributed by atoms with E-state index in [-0.39, 0.29) is 48.6 Å². The molecule has 0 bridgehead atoms. The topological polar surface area (TPSA) is 111 Å². The van der Waals surface area contributed by atoms with Gasteiger partial charge in [-0.1, -0.05) is 6.42 Å². The second-order valence-electron chi connectivity index (χ2n) is 6.48. The van der Waals surface area contributed by atoms with Crippen LogP contribution in [0.4, 0.5) is 0 Å². The Kier molecular flexibility index (Phi) is 9.51. The summed E-state index contributed by atoms with van der Waals surface area (Å²) in [6.45, 7) is 1.66. The van der Waals surface area contributed by atoms with Crippen LogP contribution in [0.1, 0.15) is 38.5 Å². The van der Waals surface area contributed by atoms with Crippen LogP contribution < -0.4 is 15.8 Å². The highest BCUT2D eigenvalue weighted by atomic mass is 35.5. The Balaban J connectivity index is 0.00000288. The molecule has 0 aromatic carbocycles. The van der Waals surface area contributed by atoms with E-state index in [2.05, 4.69) is 10.0 Å². The molecule has 1 saturated carbocycles. The van der Waals surface area contributed by atoms with Crippen molar-refractivity contribution in [3.8, 4) is 0 Å². The molecule has 1 aliphatic carbocycles. The molecule has 3 atom stereocenters. The fourth-order valence-corrected chi connectivity index (χ4v) is 4.32. The third-order valence-electron chi connectivity index (χ3n) is 4.77. The van der Waals surface area contributed by atoms with Crippen LogP contribution in [0.15, 0.2) is 0 Å². The average molecular weight is 384 g/mol. The molecule has 0 radical (unpaired) electrons. The van der Waals surface area contributed by atoms with Crippen molar-refractivity contribution in [1.29, 1.82) is 0 Å². The number of halogens is 1. The van der Waals surface area contributed by atoms with Crippen molar-refractivity contribution < 1.29 is 17.9 Å². The van der Waals surface area contributed by atoms with E-state index in [4.69, 9.17) is 10.5 Å². The predicted molar refractivity (Wildman–Crippen MR) is 95.5 cm³/mol. The third kappa shape index (κ3) is 6.84. The van der Waals surface area contributed by atoms with Crippen molar-refractivity contribution in [2.24, 2.45) is 17.6 Å². The summed E-state index contributed by atoms with van der Waals surface area (Å²) in [4.78, 5) is 12.1. The van der Waals surface area contributed by atoms with E-state index in [1.807, 2.05) is 0 Å². The van der Waals surface area contributed by atoms with Gasteiger partial charge in [0.1, 0.15) is 0 Å². The Morgan fingerprint density at radius 1 is 1.17 bits per heavy atom. The number of carbonyl (C=O) groups excluding carboxylic acids is 1. The first-order valence-electron chi connectivity index (χ1n) is 8.58. The summed E-state index contributed by atoms with van der Waals surface area (Å²) in [5.41, 5.74) is 5.67. The summed E-state index contributed by atoms with van der Waals surface area (Å²) in [5, 5.41) is 2.74. The normalized spacial score (nSPS) is 27.5. The minimum atomic E-state index is -3.39. The molecule has 24 heavy (non-hydrogen) atoms. The Hall–Kier alpha value is -0.410. The first kappa shape index (κ1) is 21.6. The maximum Gasteiger partial charge on any atom is 0.223 e. The van der Waals surface area contributed by atoms with Gasteiger partial charge in [-0.05, 0) is 44.6 Å². The van der Waals surface area contributed by atoms with E-state index in [1.165, 1.54) is 0 Å². The average Bonchev–Trinajstić information content (AvgIpc) is 3.02. The van der Waals surface area contributed by atoms with Gasteiger partial charge in [0.2, 0.25) is 15.9 Å². The quantitative estimate of drug-likeness (QED) is 0.561. The van der Waals surface area contributed by atoms with Crippen molar-refractivity contribution in [2.45, 2.75) is 44.6 Å². The van der Waals surface area contributed by atoms with Gasteiger partial charge >= 0.3 is 0 Å². The Labute approximate surface area is 150 Å². The van der Waals surface area contributed by atoms with Gasteiger partial charge in [0.25, 0.3) is 0 Å². The first-order chi connectivity index (χ1) is 11.0. The summed E-state index contributed by atoms with van der Waals surface area (Å²) < 4.78 is 32.0. The number of carbonyl (C=O) groups is 1. The number of nitrogens with two attached hydrogens (primary N) is 1. The number of amides is 1. The van der Waals surface area contributed by atoms with E-state index < -0.39 is 10.0 Å². The van der Waals surface area contributed by atoms with Crippen molar-refractivity contribution in [2.75, 3.05) is 32.0 Å². The monoisotopic (exact) mass is 383 g/mol. The van der Waals surface area contributed by atoms with Crippen LogP contribution in [0.5, 0.6) is 0 Å². The molecule has 2 fully saturated rings. The summed E-state index contributed by atoms with van der Waals surface area (Å²) in [6.07, 6.45) is 5.82. The number of ether oxygens (including phenoxy) is 1. The second kappa shape index (κ2) is 10.6. The van der Waals surface area contributed by atoms with Crippen molar-refractivity contribution >= 4 is 28.3 Å². The largest absolute Gasteiger partial charge is 0.377 e. The molecule has 142 valence electrons. The molecule has 0 aromatic heterocycles. The highest BCUT2D eigenvalue weighted by Crippen LogP contribution is 2.30. The van der Waals surface area contributed by atoms with Crippen molar-refractivity contribution in [3.63, 3.8) is 0 Å². The summed E-state index contributed by atoms with van der Waals surface area (Å²) in [5.74, 6) is -0.00545. The molecule has 4 N–H and O–H groups in total. The third-order valence-corrected chi connectivity index (χ3v) is 6.12. The predicted octanol–water partition coefficient (Wildman–Crippen LogP) is 0.388. The fraction of sp³-hybridized carbons (Fsp3) is 0.933. The maximum absolute atomic E-state index is 12.1. The lowest BCUT2D eigenvalue weighted by atomic mass is 9.95. The van der Waals surface area contributed by atoms with E-state index in [1.54, 1.807) is 0 Å². The highest BCUT2D eigenvalue weighted by molar-refractivity contribution is 7.89. The van der Waals surface area contributed by atoms with E-state index in [0.717, 1.165) is 38.5 Å². The van der Waals surface area contributed by atoms with Gasteiger partial charge in [-0.15, -0.1) is 12.4 Å². The lowest BCUT2D eigenvalue weighted by Crippen LogP contribution is -2.41. The van der Waals surface area contributed by atoms with Crippen LogP contribution in [-0.2, 0) is 19.6 Å². The van der Waals surface area contributed by atoms with E-state index in [9.17, 15) is 13.2 Å². The molecular formula is C15H30ClN3O4S. The van der Waals surface area contributed by atoms with E-state index in [0.29, 0.717) is 19.7 Å². The molecule has 7 nitrogen and oxygen atoms in total. The van der Waals surface area contributed by atoms with Gasteiger partial charge in [0.15, 0.2) is 0 Å². The Bertz CT molecular complexity index is 483. The van der Waals surface area contributed by atoms with Crippen LogP contribution in [0, 0.1) is 11.8 Å².